The Morgan fingerprint density at radius 1 is 1.15 bits per heavy atom. The molecule has 5 N–H and O–H groups in total. The van der Waals surface area contributed by atoms with E-state index < -0.39 is 11.9 Å². The number of hydrogen-bond donors (Lipinski definition) is 5. The third-order valence-electron chi connectivity index (χ3n) is 4.08. The minimum absolute atomic E-state index is 0.0687. The minimum Gasteiger partial charge on any atom is -0.459 e. The summed E-state index contributed by atoms with van der Waals surface area (Å²) in [7, 11) is 0. The highest BCUT2D eigenvalue weighted by Gasteiger charge is 2.35. The molecule has 0 atom stereocenters. The Morgan fingerprint density at radius 2 is 1.88 bits per heavy atom. The van der Waals surface area contributed by atoms with Gasteiger partial charge in [0.25, 0.3) is 0 Å². The first-order chi connectivity index (χ1) is 12.3. The standard InChI is InChI=1S/C18H29NO7/c1-2-11-24-13-19-10-7-14-5-6-15(26-18(21,22)23)16(12-14)25-17(20)8-3-4-9-17/h5-6,12,19-23H,2-4,7-11,13H2,1H3. The van der Waals surface area contributed by atoms with Crippen molar-refractivity contribution in [2.45, 2.75) is 57.4 Å². The smallest absolute Gasteiger partial charge is 0.453 e. The van der Waals surface area contributed by atoms with Crippen LogP contribution in [0.1, 0.15) is 44.6 Å². The highest BCUT2D eigenvalue weighted by Crippen LogP contribution is 2.37. The zero-order valence-corrected chi connectivity index (χ0v) is 15.1. The van der Waals surface area contributed by atoms with Crippen LogP contribution in [0.2, 0.25) is 0 Å². The molecule has 8 nitrogen and oxygen atoms in total. The maximum atomic E-state index is 10.5. The summed E-state index contributed by atoms with van der Waals surface area (Å²) >= 11 is 0. The summed E-state index contributed by atoms with van der Waals surface area (Å²) in [5.41, 5.74) is 0.899. The molecule has 0 amide bonds. The van der Waals surface area contributed by atoms with Crippen molar-refractivity contribution in [3.63, 3.8) is 0 Å². The average Bonchev–Trinajstić information content (AvgIpc) is 2.98. The lowest BCUT2D eigenvalue weighted by Crippen LogP contribution is -2.36. The normalized spacial score (nSPS) is 16.7. The number of hydrogen-bond acceptors (Lipinski definition) is 8. The molecule has 148 valence electrons. The topological polar surface area (TPSA) is 121 Å². The molecule has 0 aliphatic heterocycles. The van der Waals surface area contributed by atoms with Gasteiger partial charge in [-0.25, -0.2) is 0 Å². The summed E-state index contributed by atoms with van der Waals surface area (Å²) in [5, 5.41) is 40.9. The molecule has 1 aliphatic carbocycles. The highest BCUT2D eigenvalue weighted by molar-refractivity contribution is 5.43. The van der Waals surface area contributed by atoms with Gasteiger partial charge in [-0.05, 0) is 43.4 Å². The molecule has 8 heteroatoms. The summed E-state index contributed by atoms with van der Waals surface area (Å²) in [6, 6.07) is 4.85. The Hall–Kier alpha value is -1.42. The summed E-state index contributed by atoms with van der Waals surface area (Å²) in [5.74, 6) is -1.23. The predicted molar refractivity (Wildman–Crippen MR) is 93.3 cm³/mol. The molecule has 1 aromatic rings. The molecule has 1 saturated carbocycles. The number of nitrogens with one attached hydrogen (secondary N) is 1. The number of aliphatic hydroxyl groups is 4. The van der Waals surface area contributed by atoms with Crippen LogP contribution in [0.5, 0.6) is 11.5 Å². The first-order valence-electron chi connectivity index (χ1n) is 9.00. The molecule has 0 aromatic heterocycles. The molecule has 0 radical (unpaired) electrons. The Balaban J connectivity index is 2.02. The molecule has 0 spiro atoms. The van der Waals surface area contributed by atoms with E-state index in [1.807, 2.05) is 6.92 Å². The van der Waals surface area contributed by atoms with Crippen molar-refractivity contribution in [3.05, 3.63) is 23.8 Å². The fourth-order valence-corrected chi connectivity index (χ4v) is 2.85. The average molecular weight is 371 g/mol. The Kier molecular flexibility index (Phi) is 7.63. The van der Waals surface area contributed by atoms with Gasteiger partial charge in [-0.1, -0.05) is 13.0 Å². The maximum Gasteiger partial charge on any atom is 0.453 e. The van der Waals surface area contributed by atoms with Gasteiger partial charge in [-0.2, -0.15) is 0 Å². The van der Waals surface area contributed by atoms with Crippen molar-refractivity contribution < 1.29 is 34.6 Å². The first-order valence-corrected chi connectivity index (χ1v) is 9.00. The largest absolute Gasteiger partial charge is 0.459 e. The summed E-state index contributed by atoms with van der Waals surface area (Å²) in [6.07, 6.45) is 0.971. The number of benzene rings is 1. The van der Waals surface area contributed by atoms with Crippen LogP contribution in [0, 0.1) is 0 Å². The van der Waals surface area contributed by atoms with Gasteiger partial charge in [0, 0.05) is 26.0 Å². The zero-order valence-electron chi connectivity index (χ0n) is 15.1. The SMILES string of the molecule is CCCOCNCCc1ccc(OC(O)(O)O)c(OC2(O)CCCC2)c1. The molecule has 1 aliphatic rings. The second-order valence-electron chi connectivity index (χ2n) is 6.51. The number of rotatable bonds is 11. The quantitative estimate of drug-likeness (QED) is 0.286. The lowest BCUT2D eigenvalue weighted by molar-refractivity contribution is -0.420. The fraction of sp³-hybridized carbons (Fsp3) is 0.667. The lowest BCUT2D eigenvalue weighted by Gasteiger charge is -2.26. The molecule has 0 unspecified atom stereocenters. The third kappa shape index (κ3) is 7.06. The van der Waals surface area contributed by atoms with Crippen LogP contribution in [0.15, 0.2) is 18.2 Å². The Labute approximate surface area is 153 Å². The van der Waals surface area contributed by atoms with Crippen molar-refractivity contribution in [2.75, 3.05) is 19.9 Å². The molecular formula is C18H29NO7. The molecular weight excluding hydrogens is 342 g/mol. The maximum absolute atomic E-state index is 10.5. The van der Waals surface area contributed by atoms with Crippen molar-refractivity contribution in [2.24, 2.45) is 0 Å². The van der Waals surface area contributed by atoms with Crippen LogP contribution in [0.3, 0.4) is 0 Å². The summed E-state index contributed by atoms with van der Waals surface area (Å²) < 4.78 is 15.7. The molecule has 0 heterocycles. The van der Waals surface area contributed by atoms with E-state index >= 15 is 0 Å². The van der Waals surface area contributed by atoms with Crippen LogP contribution in [-0.4, -0.2) is 52.3 Å². The van der Waals surface area contributed by atoms with E-state index in [-0.39, 0.29) is 11.5 Å². The van der Waals surface area contributed by atoms with Gasteiger partial charge in [0.15, 0.2) is 11.5 Å². The predicted octanol–water partition coefficient (Wildman–Crippen LogP) is 0.811. The summed E-state index contributed by atoms with van der Waals surface area (Å²) in [4.78, 5) is 0. The van der Waals surface area contributed by atoms with Gasteiger partial charge in [0.05, 0.1) is 6.73 Å². The van der Waals surface area contributed by atoms with Crippen molar-refractivity contribution in [3.8, 4) is 11.5 Å². The van der Waals surface area contributed by atoms with Crippen LogP contribution >= 0.6 is 0 Å². The molecule has 0 bridgehead atoms. The van der Waals surface area contributed by atoms with Crippen molar-refractivity contribution in [1.29, 1.82) is 0 Å². The van der Waals surface area contributed by atoms with E-state index in [0.717, 1.165) is 24.8 Å². The fourth-order valence-electron chi connectivity index (χ4n) is 2.85. The number of ether oxygens (including phenoxy) is 3. The van der Waals surface area contributed by atoms with E-state index in [1.54, 1.807) is 12.1 Å². The third-order valence-corrected chi connectivity index (χ3v) is 4.08. The Bertz CT molecular complexity index is 553. The minimum atomic E-state index is -3.32. The van der Waals surface area contributed by atoms with Crippen LogP contribution < -0.4 is 14.8 Å². The molecule has 1 aromatic carbocycles. The Morgan fingerprint density at radius 3 is 2.54 bits per heavy atom. The van der Waals surface area contributed by atoms with Crippen LogP contribution in [0.25, 0.3) is 0 Å². The first kappa shape index (κ1) is 20.9. The monoisotopic (exact) mass is 371 g/mol. The lowest BCUT2D eigenvalue weighted by atomic mass is 10.1. The van der Waals surface area contributed by atoms with E-state index in [0.29, 0.717) is 39.1 Å². The zero-order chi connectivity index (χ0) is 19.0. The van der Waals surface area contributed by atoms with Gasteiger partial charge < -0.3 is 34.6 Å². The van der Waals surface area contributed by atoms with Crippen LogP contribution in [0.4, 0.5) is 0 Å². The van der Waals surface area contributed by atoms with Crippen LogP contribution in [-0.2, 0) is 11.2 Å². The molecule has 1 fully saturated rings. The van der Waals surface area contributed by atoms with Crippen molar-refractivity contribution in [1.82, 2.24) is 5.32 Å². The van der Waals surface area contributed by atoms with E-state index in [4.69, 9.17) is 29.5 Å². The van der Waals surface area contributed by atoms with Gasteiger partial charge in [0.1, 0.15) is 0 Å². The van der Waals surface area contributed by atoms with Gasteiger partial charge in [-0.15, -0.1) is 0 Å². The summed E-state index contributed by atoms with van der Waals surface area (Å²) in [6.45, 7) is 3.90. The van der Waals surface area contributed by atoms with E-state index in [9.17, 15) is 5.11 Å². The second-order valence-corrected chi connectivity index (χ2v) is 6.51. The highest BCUT2D eigenvalue weighted by atomic mass is 16.9. The van der Waals surface area contributed by atoms with Crippen molar-refractivity contribution >= 4 is 0 Å². The molecule has 2 rings (SSSR count). The molecule has 26 heavy (non-hydrogen) atoms. The van der Waals surface area contributed by atoms with Gasteiger partial charge in [0.2, 0.25) is 5.79 Å². The van der Waals surface area contributed by atoms with Gasteiger partial charge in [-0.3, -0.25) is 5.32 Å². The van der Waals surface area contributed by atoms with E-state index in [1.165, 1.54) is 6.07 Å². The second kappa shape index (κ2) is 9.50. The van der Waals surface area contributed by atoms with Gasteiger partial charge >= 0.3 is 6.16 Å². The van der Waals surface area contributed by atoms with E-state index in [2.05, 4.69) is 5.32 Å². The molecule has 0 saturated heterocycles.